The molecule has 5 nitrogen and oxygen atoms in total. The summed E-state index contributed by atoms with van der Waals surface area (Å²) in [5, 5.41) is 20.8. The van der Waals surface area contributed by atoms with E-state index in [0.29, 0.717) is 16.1 Å². The highest BCUT2D eigenvalue weighted by molar-refractivity contribution is 9.10. The topological polar surface area (TPSA) is 67.4 Å². The molecule has 1 saturated carbocycles. The maximum Gasteiger partial charge on any atom is 0.214 e. The van der Waals surface area contributed by atoms with Gasteiger partial charge in [0.25, 0.3) is 0 Å². The zero-order valence-corrected chi connectivity index (χ0v) is 11.9. The number of benzene rings is 1. The van der Waals surface area contributed by atoms with Gasteiger partial charge < -0.3 is 0 Å². The Balaban J connectivity index is 1.93. The third-order valence-corrected chi connectivity index (χ3v) is 4.49. The van der Waals surface area contributed by atoms with Crippen molar-refractivity contribution in [3.8, 4) is 6.07 Å². The smallest absolute Gasteiger partial charge is 0.214 e. The highest BCUT2D eigenvalue weighted by Gasteiger charge is 2.28. The molecule has 1 aromatic carbocycles. The van der Waals surface area contributed by atoms with E-state index in [1.165, 1.54) is 0 Å². The van der Waals surface area contributed by atoms with Crippen molar-refractivity contribution in [2.45, 2.75) is 28.9 Å². The highest BCUT2D eigenvalue weighted by Crippen LogP contribution is 2.39. The summed E-state index contributed by atoms with van der Waals surface area (Å²) in [5.74, 6) is -0.464. The lowest BCUT2D eigenvalue weighted by Gasteiger charge is -2.05. The zero-order chi connectivity index (χ0) is 13.4. The van der Waals surface area contributed by atoms with E-state index in [2.05, 4.69) is 31.5 Å². The summed E-state index contributed by atoms with van der Waals surface area (Å²) in [4.78, 5) is 0.391. The van der Waals surface area contributed by atoms with Crippen molar-refractivity contribution < 1.29 is 4.39 Å². The third-order valence-electron chi connectivity index (χ3n) is 2.72. The Morgan fingerprint density at radius 2 is 2.26 bits per heavy atom. The van der Waals surface area contributed by atoms with Gasteiger partial charge in [-0.15, -0.1) is 5.10 Å². The lowest BCUT2D eigenvalue weighted by Crippen LogP contribution is -1.99. The molecule has 2 aromatic rings. The highest BCUT2D eigenvalue weighted by atomic mass is 79.9. The fourth-order valence-electron chi connectivity index (χ4n) is 1.60. The Kier molecular flexibility index (Phi) is 3.24. The fourth-order valence-corrected chi connectivity index (χ4v) is 3.04. The number of aromatic nitrogens is 4. The number of rotatable bonds is 3. The van der Waals surface area contributed by atoms with Gasteiger partial charge in [0, 0.05) is 0 Å². The number of hydrogen-bond acceptors (Lipinski definition) is 5. The number of hydrogen-bond donors (Lipinski definition) is 0. The fraction of sp³-hybridized carbons (Fsp3) is 0.273. The van der Waals surface area contributed by atoms with Crippen LogP contribution in [0.25, 0.3) is 0 Å². The maximum absolute atomic E-state index is 14.1. The van der Waals surface area contributed by atoms with E-state index in [0.717, 1.165) is 24.6 Å². The largest absolute Gasteiger partial charge is 0.217 e. The van der Waals surface area contributed by atoms with Crippen molar-refractivity contribution in [1.29, 1.82) is 5.26 Å². The van der Waals surface area contributed by atoms with E-state index in [9.17, 15) is 4.39 Å². The predicted molar refractivity (Wildman–Crippen MR) is 69.0 cm³/mol. The van der Waals surface area contributed by atoms with Gasteiger partial charge in [-0.25, -0.2) is 9.07 Å². The van der Waals surface area contributed by atoms with Gasteiger partial charge >= 0.3 is 0 Å². The molecule has 0 N–H and O–H groups in total. The van der Waals surface area contributed by atoms with Crippen LogP contribution in [0.15, 0.2) is 26.7 Å². The molecular formula is C11H7BrFN5S. The summed E-state index contributed by atoms with van der Waals surface area (Å²) in [5.41, 5.74) is 0.267. The van der Waals surface area contributed by atoms with Gasteiger partial charge in [-0.1, -0.05) is 0 Å². The first-order valence-corrected chi connectivity index (χ1v) is 7.15. The monoisotopic (exact) mass is 339 g/mol. The molecule has 0 aliphatic heterocycles. The van der Waals surface area contributed by atoms with Crippen LogP contribution in [0.2, 0.25) is 0 Å². The molecule has 0 amide bonds. The Hall–Kier alpha value is -1.46. The van der Waals surface area contributed by atoms with Crippen LogP contribution >= 0.6 is 27.7 Å². The predicted octanol–water partition coefficient (Wildman–Crippen LogP) is 2.93. The Bertz CT molecular complexity index is 676. The molecule has 0 saturated heterocycles. The normalized spacial score (nSPS) is 14.4. The van der Waals surface area contributed by atoms with Gasteiger partial charge in [-0.2, -0.15) is 5.26 Å². The molecule has 19 heavy (non-hydrogen) atoms. The van der Waals surface area contributed by atoms with E-state index in [1.54, 1.807) is 16.8 Å². The molecule has 0 atom stereocenters. The van der Waals surface area contributed by atoms with Gasteiger partial charge in [0.05, 0.1) is 21.0 Å². The molecule has 0 unspecified atom stereocenters. The average molecular weight is 340 g/mol. The Morgan fingerprint density at radius 1 is 1.47 bits per heavy atom. The van der Waals surface area contributed by atoms with Crippen molar-refractivity contribution in [2.75, 3.05) is 0 Å². The van der Waals surface area contributed by atoms with Crippen LogP contribution in [0.4, 0.5) is 4.39 Å². The second-order valence-corrected chi connectivity index (χ2v) is 5.89. The summed E-state index contributed by atoms with van der Waals surface area (Å²) in [6.07, 6.45) is 2.11. The standard InChI is InChI=1S/C11H7BrFN5S/c12-9-6(5-14)1-4-8(10(9)13)19-11-15-16-17-18(11)7-2-3-7/h1,4,7H,2-3H2. The molecule has 0 radical (unpaired) electrons. The summed E-state index contributed by atoms with van der Waals surface area (Å²) < 4.78 is 16.0. The molecular weight excluding hydrogens is 333 g/mol. The molecule has 0 spiro atoms. The van der Waals surface area contributed by atoms with E-state index in [-0.39, 0.29) is 10.0 Å². The first-order valence-electron chi connectivity index (χ1n) is 5.54. The van der Waals surface area contributed by atoms with Crippen molar-refractivity contribution in [3.05, 3.63) is 28.0 Å². The molecule has 1 heterocycles. The van der Waals surface area contributed by atoms with Crippen LogP contribution in [-0.4, -0.2) is 20.2 Å². The number of tetrazole rings is 1. The van der Waals surface area contributed by atoms with Crippen molar-refractivity contribution in [1.82, 2.24) is 20.2 Å². The van der Waals surface area contributed by atoms with E-state index in [1.807, 2.05) is 6.07 Å². The van der Waals surface area contributed by atoms with Crippen LogP contribution in [0.3, 0.4) is 0 Å². The quantitative estimate of drug-likeness (QED) is 0.859. The SMILES string of the molecule is N#Cc1ccc(Sc2nnnn2C2CC2)c(F)c1Br. The van der Waals surface area contributed by atoms with Gasteiger partial charge in [0.1, 0.15) is 6.07 Å². The minimum absolute atomic E-state index is 0.172. The molecule has 0 bridgehead atoms. The van der Waals surface area contributed by atoms with Gasteiger partial charge in [0.15, 0.2) is 5.82 Å². The number of nitriles is 1. The molecule has 8 heteroatoms. The second kappa shape index (κ2) is 4.90. The summed E-state index contributed by atoms with van der Waals surface area (Å²) in [6.45, 7) is 0. The first kappa shape index (κ1) is 12.6. The zero-order valence-electron chi connectivity index (χ0n) is 9.55. The maximum atomic E-state index is 14.1. The lowest BCUT2D eigenvalue weighted by molar-refractivity contribution is 0.563. The van der Waals surface area contributed by atoms with Crippen LogP contribution in [-0.2, 0) is 0 Å². The van der Waals surface area contributed by atoms with Gasteiger partial charge in [0.2, 0.25) is 5.16 Å². The minimum atomic E-state index is -0.464. The van der Waals surface area contributed by atoms with Crippen LogP contribution in [0.1, 0.15) is 24.4 Å². The number of nitrogens with zero attached hydrogens (tertiary/aromatic N) is 5. The summed E-state index contributed by atoms with van der Waals surface area (Å²) in [7, 11) is 0. The van der Waals surface area contributed by atoms with Crippen LogP contribution in [0.5, 0.6) is 0 Å². The van der Waals surface area contributed by atoms with E-state index >= 15 is 0 Å². The average Bonchev–Trinajstić information content (AvgIpc) is 3.16. The minimum Gasteiger partial charge on any atom is -0.217 e. The Morgan fingerprint density at radius 3 is 2.95 bits per heavy atom. The van der Waals surface area contributed by atoms with E-state index < -0.39 is 5.82 Å². The third kappa shape index (κ3) is 2.35. The first-order chi connectivity index (χ1) is 9.20. The number of halogens is 2. The molecule has 96 valence electrons. The molecule has 3 rings (SSSR count). The van der Waals surface area contributed by atoms with Crippen LogP contribution in [0, 0.1) is 17.1 Å². The molecule has 1 fully saturated rings. The molecule has 1 aromatic heterocycles. The van der Waals surface area contributed by atoms with Gasteiger partial charge in [-0.05, 0) is 63.1 Å². The second-order valence-electron chi connectivity index (χ2n) is 4.09. The summed E-state index contributed by atoms with van der Waals surface area (Å²) >= 11 is 4.25. The van der Waals surface area contributed by atoms with E-state index in [4.69, 9.17) is 5.26 Å². The van der Waals surface area contributed by atoms with Gasteiger partial charge in [-0.3, -0.25) is 0 Å². The van der Waals surface area contributed by atoms with Crippen LogP contribution < -0.4 is 0 Å². The van der Waals surface area contributed by atoms with Crippen molar-refractivity contribution in [2.24, 2.45) is 0 Å². The van der Waals surface area contributed by atoms with Crippen molar-refractivity contribution >= 4 is 27.7 Å². The molecule has 1 aliphatic carbocycles. The van der Waals surface area contributed by atoms with Crippen molar-refractivity contribution in [3.63, 3.8) is 0 Å². The lowest BCUT2D eigenvalue weighted by atomic mass is 10.2. The Labute approximate surface area is 120 Å². The molecule has 1 aliphatic rings. The summed E-state index contributed by atoms with van der Waals surface area (Å²) in [6, 6.07) is 5.39.